The Labute approximate surface area is 191 Å². The third kappa shape index (κ3) is 6.07. The smallest absolute Gasteiger partial charge is 0.191 e. The van der Waals surface area contributed by atoms with Crippen LogP contribution in [0.5, 0.6) is 0 Å². The summed E-state index contributed by atoms with van der Waals surface area (Å²) in [6.07, 6.45) is 5.33. The summed E-state index contributed by atoms with van der Waals surface area (Å²) in [5, 5.41) is 11.4. The number of rotatable bonds is 6. The van der Waals surface area contributed by atoms with Crippen LogP contribution < -0.4 is 15.5 Å². The first kappa shape index (κ1) is 23.4. The van der Waals surface area contributed by atoms with Crippen LogP contribution in [0.2, 0.25) is 0 Å². The van der Waals surface area contributed by atoms with Crippen molar-refractivity contribution in [2.45, 2.75) is 52.6 Å². The molecule has 7 nitrogen and oxygen atoms in total. The minimum Gasteiger partial charge on any atom is -0.357 e. The average molecular weight is 511 g/mol. The van der Waals surface area contributed by atoms with E-state index >= 15 is 0 Å². The van der Waals surface area contributed by atoms with Crippen molar-refractivity contribution in [3.8, 4) is 0 Å². The fraction of sp³-hybridized carbons (Fsp3) is 0.571. The van der Waals surface area contributed by atoms with Gasteiger partial charge in [0.05, 0.1) is 5.69 Å². The second-order valence-electron chi connectivity index (χ2n) is 7.66. The molecular weight excluding hydrogens is 477 g/mol. The Balaban J connectivity index is 0.00000300. The van der Waals surface area contributed by atoms with Gasteiger partial charge in [0.1, 0.15) is 5.82 Å². The highest BCUT2D eigenvalue weighted by Gasteiger charge is 2.15. The van der Waals surface area contributed by atoms with Gasteiger partial charge >= 0.3 is 0 Å². The summed E-state index contributed by atoms with van der Waals surface area (Å²) >= 11 is 0. The van der Waals surface area contributed by atoms with Crippen LogP contribution in [0.1, 0.15) is 42.3 Å². The maximum absolute atomic E-state index is 4.53. The van der Waals surface area contributed by atoms with Crippen LogP contribution in [0.15, 0.2) is 23.3 Å². The van der Waals surface area contributed by atoms with E-state index in [-0.39, 0.29) is 30.0 Å². The molecule has 1 unspecified atom stereocenters. The summed E-state index contributed by atoms with van der Waals surface area (Å²) < 4.78 is 1.95. The number of nitrogens with one attached hydrogen (secondary N) is 2. The van der Waals surface area contributed by atoms with Gasteiger partial charge < -0.3 is 15.5 Å². The molecule has 2 aromatic rings. The molecule has 3 rings (SSSR count). The molecule has 0 saturated carbocycles. The number of halogens is 1. The van der Waals surface area contributed by atoms with E-state index in [4.69, 9.17) is 0 Å². The third-order valence-electron chi connectivity index (χ3n) is 5.48. The molecule has 0 radical (unpaired) electrons. The van der Waals surface area contributed by atoms with Crippen LogP contribution in [-0.4, -0.2) is 46.9 Å². The molecule has 8 heteroatoms. The van der Waals surface area contributed by atoms with Crippen molar-refractivity contribution in [3.63, 3.8) is 0 Å². The first-order valence-electron chi connectivity index (χ1n) is 10.1. The topological polar surface area (TPSA) is 70.4 Å². The molecular formula is C21H34IN7. The fourth-order valence-corrected chi connectivity index (χ4v) is 3.77. The SMILES string of the molecule is CN=C(NCc1ccnc(N2CCCC2)c1)NC(C)Cc1c(C)nn(C)c1C.I. The van der Waals surface area contributed by atoms with Crippen molar-refractivity contribution in [1.82, 2.24) is 25.4 Å². The van der Waals surface area contributed by atoms with Crippen molar-refractivity contribution in [2.24, 2.45) is 12.0 Å². The molecule has 29 heavy (non-hydrogen) atoms. The fourth-order valence-electron chi connectivity index (χ4n) is 3.77. The molecule has 0 aromatic carbocycles. The zero-order valence-corrected chi connectivity index (χ0v) is 20.5. The molecule has 1 atom stereocenters. The third-order valence-corrected chi connectivity index (χ3v) is 5.48. The first-order valence-corrected chi connectivity index (χ1v) is 10.1. The van der Waals surface area contributed by atoms with Crippen molar-refractivity contribution in [3.05, 3.63) is 40.8 Å². The van der Waals surface area contributed by atoms with Crippen molar-refractivity contribution >= 4 is 35.8 Å². The van der Waals surface area contributed by atoms with Crippen molar-refractivity contribution < 1.29 is 0 Å². The lowest BCUT2D eigenvalue weighted by Crippen LogP contribution is -2.42. The largest absolute Gasteiger partial charge is 0.357 e. The quantitative estimate of drug-likeness (QED) is 0.355. The van der Waals surface area contributed by atoms with Gasteiger partial charge in [-0.3, -0.25) is 9.67 Å². The number of guanidine groups is 1. The Morgan fingerprint density at radius 3 is 2.62 bits per heavy atom. The minimum atomic E-state index is 0. The van der Waals surface area contributed by atoms with E-state index in [0.29, 0.717) is 0 Å². The Hall–Kier alpha value is -1.84. The lowest BCUT2D eigenvalue weighted by molar-refractivity contribution is 0.635. The van der Waals surface area contributed by atoms with Crippen LogP contribution >= 0.6 is 24.0 Å². The molecule has 0 bridgehead atoms. The van der Waals surface area contributed by atoms with Gasteiger partial charge in [-0.2, -0.15) is 5.10 Å². The van der Waals surface area contributed by atoms with Gasteiger partial charge in [0.25, 0.3) is 0 Å². The van der Waals surface area contributed by atoms with Gasteiger partial charge in [0, 0.05) is 51.7 Å². The second kappa shape index (κ2) is 10.8. The highest BCUT2D eigenvalue weighted by atomic mass is 127. The molecule has 0 aliphatic carbocycles. The zero-order valence-electron chi connectivity index (χ0n) is 18.2. The monoisotopic (exact) mass is 511 g/mol. The minimum absolute atomic E-state index is 0. The predicted octanol–water partition coefficient (Wildman–Crippen LogP) is 2.95. The number of aliphatic imine (C=N–C) groups is 1. The highest BCUT2D eigenvalue weighted by molar-refractivity contribution is 14.0. The van der Waals surface area contributed by atoms with Gasteiger partial charge in [-0.05, 0) is 63.3 Å². The van der Waals surface area contributed by atoms with Gasteiger partial charge in [-0.25, -0.2) is 4.98 Å². The highest BCUT2D eigenvalue weighted by Crippen LogP contribution is 2.18. The lowest BCUT2D eigenvalue weighted by Gasteiger charge is -2.19. The summed E-state index contributed by atoms with van der Waals surface area (Å²) in [5.74, 6) is 1.89. The molecule has 2 N–H and O–H groups in total. The van der Waals surface area contributed by atoms with Crippen LogP contribution in [-0.2, 0) is 20.0 Å². The second-order valence-corrected chi connectivity index (χ2v) is 7.66. The first-order chi connectivity index (χ1) is 13.5. The number of hydrogen-bond donors (Lipinski definition) is 2. The summed E-state index contributed by atoms with van der Waals surface area (Å²) in [7, 11) is 3.81. The summed E-state index contributed by atoms with van der Waals surface area (Å²) in [4.78, 5) is 11.3. The van der Waals surface area contributed by atoms with Crippen molar-refractivity contribution in [1.29, 1.82) is 0 Å². The average Bonchev–Trinajstić information content (AvgIpc) is 3.30. The van der Waals surface area contributed by atoms with E-state index in [1.54, 1.807) is 0 Å². The van der Waals surface area contributed by atoms with Gasteiger partial charge in [-0.1, -0.05) is 0 Å². The molecule has 1 fully saturated rings. The van der Waals surface area contributed by atoms with Crippen LogP contribution in [0, 0.1) is 13.8 Å². The predicted molar refractivity (Wildman–Crippen MR) is 130 cm³/mol. The maximum Gasteiger partial charge on any atom is 0.191 e. The number of hydrogen-bond acceptors (Lipinski definition) is 4. The van der Waals surface area contributed by atoms with Crippen LogP contribution in [0.3, 0.4) is 0 Å². The molecule has 1 aliphatic heterocycles. The van der Waals surface area contributed by atoms with Crippen LogP contribution in [0.4, 0.5) is 5.82 Å². The number of nitrogens with zero attached hydrogens (tertiary/aromatic N) is 5. The Morgan fingerprint density at radius 2 is 2.00 bits per heavy atom. The number of aromatic nitrogens is 3. The summed E-state index contributed by atoms with van der Waals surface area (Å²) in [6, 6.07) is 4.49. The number of pyridine rings is 1. The van der Waals surface area contributed by atoms with Crippen LogP contribution in [0.25, 0.3) is 0 Å². The van der Waals surface area contributed by atoms with E-state index in [2.05, 4.69) is 63.5 Å². The Morgan fingerprint density at radius 1 is 1.28 bits per heavy atom. The summed E-state index contributed by atoms with van der Waals surface area (Å²) in [5.41, 5.74) is 4.84. The van der Waals surface area contributed by atoms with Crippen molar-refractivity contribution in [2.75, 3.05) is 25.0 Å². The van der Waals surface area contributed by atoms with Gasteiger partial charge in [0.2, 0.25) is 0 Å². The molecule has 1 saturated heterocycles. The van der Waals surface area contributed by atoms with E-state index in [1.807, 2.05) is 25.0 Å². The number of anilines is 1. The normalized spacial score (nSPS) is 15.2. The molecule has 0 amide bonds. The van der Waals surface area contributed by atoms with E-state index in [1.165, 1.54) is 29.7 Å². The van der Waals surface area contributed by atoms with E-state index < -0.39 is 0 Å². The molecule has 1 aliphatic rings. The molecule has 2 aromatic heterocycles. The standard InChI is InChI=1S/C21H33N7.HI/c1-15(12-19-16(2)26-27(5)17(19)3)25-21(22-4)24-14-18-8-9-23-20(13-18)28-10-6-7-11-28;/h8-9,13,15H,6-7,10-12,14H2,1-5H3,(H2,22,24,25);1H. The van der Waals surface area contributed by atoms with Gasteiger partial charge in [-0.15, -0.1) is 24.0 Å². The van der Waals surface area contributed by atoms with E-state index in [0.717, 1.165) is 43.5 Å². The lowest BCUT2D eigenvalue weighted by atomic mass is 10.1. The van der Waals surface area contributed by atoms with Gasteiger partial charge in [0.15, 0.2) is 5.96 Å². The summed E-state index contributed by atoms with van der Waals surface area (Å²) in [6.45, 7) is 9.31. The molecule has 3 heterocycles. The Bertz CT molecular complexity index is 824. The maximum atomic E-state index is 4.53. The molecule has 160 valence electrons. The Kier molecular flexibility index (Phi) is 8.73. The zero-order chi connectivity index (χ0) is 20.1. The van der Waals surface area contributed by atoms with E-state index in [9.17, 15) is 0 Å². The molecule has 0 spiro atoms. The number of aryl methyl sites for hydroxylation is 2.